The number of benzene rings is 8. The summed E-state index contributed by atoms with van der Waals surface area (Å²) in [5.74, 6) is -2.90. The van der Waals surface area contributed by atoms with Crippen LogP contribution < -0.4 is 129 Å². The standard InChI is InChI=1S/2C32H27N9O8S2.Co.3Na/c2*1-19-29(31(43)41(38-19)24-12-14-25(15-13-24)51(47,48)49)35-33-21-8-10-22(11-9-21)39-50(45,46)26-16-17-28(42)27(18-26)34-36-30-20(2)37-40(32(30)44)23-6-4-3-5-7-23;;;;/h3-18,29,39,42,44H,1-2H3,(H,47,48,49);3-18,29,37,39,42H,1-2H3,(H,47,48,49);;;;/q;;+3;3*+1/p-4. The molecule has 526 valence electrons. The van der Waals surface area contributed by atoms with Crippen molar-refractivity contribution in [3.05, 3.63) is 216 Å². The third-order valence-corrected chi connectivity index (χ3v) is 19.3. The molecule has 0 bridgehead atoms. The molecule has 0 spiro atoms. The fourth-order valence-corrected chi connectivity index (χ4v) is 12.7. The molecule has 106 heavy (non-hydrogen) atoms. The molecule has 2 amide bonds. The van der Waals surface area contributed by atoms with E-state index in [0.717, 1.165) is 75.4 Å². The summed E-state index contributed by atoms with van der Waals surface area (Å²) in [5, 5.41) is 87.3. The van der Waals surface area contributed by atoms with E-state index < -0.39 is 92.0 Å². The van der Waals surface area contributed by atoms with Gasteiger partial charge in [-0.2, -0.15) is 64.4 Å². The number of sulfonamides is 2. The number of aromatic nitrogens is 4. The van der Waals surface area contributed by atoms with Crippen molar-refractivity contribution in [2.75, 3.05) is 19.5 Å². The number of hydrogen-bond acceptors (Lipinski definition) is 26. The Kier molecular flexibility index (Phi) is 27.8. The molecule has 42 heteroatoms. The summed E-state index contributed by atoms with van der Waals surface area (Å²) in [6.45, 7) is 6.30. The molecule has 2 atom stereocenters. The van der Waals surface area contributed by atoms with Gasteiger partial charge in [0.2, 0.25) is 0 Å². The average molecular weight is 1580 g/mol. The zero-order valence-electron chi connectivity index (χ0n) is 56.4. The van der Waals surface area contributed by atoms with Gasteiger partial charge in [0.15, 0.2) is 17.8 Å². The first-order valence-corrected chi connectivity index (χ1v) is 35.4. The summed E-state index contributed by atoms with van der Waals surface area (Å²) >= 11 is 0. The van der Waals surface area contributed by atoms with E-state index >= 15 is 0 Å². The van der Waals surface area contributed by atoms with Gasteiger partial charge in [-0.25, -0.2) is 34.6 Å². The number of azo groups is 4. The van der Waals surface area contributed by atoms with Crippen LogP contribution in [0.3, 0.4) is 0 Å². The Bertz CT molecular complexity index is 5690. The second kappa shape index (κ2) is 35.1. The molecular weight excluding hydrogens is 1530 g/mol. The molecule has 2 aliphatic rings. The molecule has 4 N–H and O–H groups in total. The Balaban J connectivity index is 0.000000285. The number of para-hydroxylation sites is 2. The Morgan fingerprint density at radius 3 is 1.28 bits per heavy atom. The van der Waals surface area contributed by atoms with Crippen LogP contribution >= 0.6 is 0 Å². The Labute approximate surface area is 680 Å². The predicted molar refractivity (Wildman–Crippen MR) is 362 cm³/mol. The number of rotatable bonds is 20. The summed E-state index contributed by atoms with van der Waals surface area (Å²) < 4.78 is 125. The number of hydrogen-bond donors (Lipinski definition) is 4. The van der Waals surface area contributed by atoms with Crippen molar-refractivity contribution in [2.24, 2.45) is 51.1 Å². The van der Waals surface area contributed by atoms with E-state index in [9.17, 15) is 72.5 Å². The first kappa shape index (κ1) is 84.2. The zero-order chi connectivity index (χ0) is 73.0. The van der Waals surface area contributed by atoms with Crippen LogP contribution in [0.5, 0.6) is 17.4 Å². The van der Waals surface area contributed by atoms with Gasteiger partial charge in [-0.15, -0.1) is 10.2 Å². The quantitative estimate of drug-likeness (QED) is 0.0450. The number of aryl methyl sites for hydroxylation is 2. The van der Waals surface area contributed by atoms with E-state index in [1.807, 2.05) is 0 Å². The van der Waals surface area contributed by atoms with Crippen LogP contribution in [0.1, 0.15) is 25.2 Å². The van der Waals surface area contributed by atoms with Crippen LogP contribution in [-0.2, 0) is 66.7 Å². The van der Waals surface area contributed by atoms with Gasteiger partial charge in [0.1, 0.15) is 15.8 Å². The smallest absolute Gasteiger partial charge is 0.871 e. The fourth-order valence-electron chi connectivity index (χ4n) is 9.60. The first-order chi connectivity index (χ1) is 48.4. The number of amides is 2. The second-order valence-electron chi connectivity index (χ2n) is 21.9. The van der Waals surface area contributed by atoms with Crippen molar-refractivity contribution in [3.8, 4) is 28.8 Å². The molecule has 0 saturated heterocycles. The maximum Gasteiger partial charge on any atom is 3.00 e. The Morgan fingerprint density at radius 1 is 0.472 bits per heavy atom. The van der Waals surface area contributed by atoms with E-state index in [-0.39, 0.29) is 177 Å². The van der Waals surface area contributed by atoms with Gasteiger partial charge in [-0.3, -0.25) is 33.5 Å². The summed E-state index contributed by atoms with van der Waals surface area (Å²) in [6, 6.07) is 42.7. The van der Waals surface area contributed by atoms with Crippen LogP contribution in [0, 0.1) is 13.8 Å². The Morgan fingerprint density at radius 2 is 0.868 bits per heavy atom. The molecule has 2 aromatic heterocycles. The van der Waals surface area contributed by atoms with Crippen molar-refractivity contribution in [3.63, 3.8) is 0 Å². The minimum absolute atomic E-state index is 0. The number of aromatic amines is 1. The third-order valence-electron chi connectivity index (χ3n) is 14.8. The van der Waals surface area contributed by atoms with E-state index in [1.54, 1.807) is 88.4 Å². The SMILES string of the molecule is CC1=NN(c2ccc(S(=O)(=O)O)cc2)C(=O)C1N=Nc1ccc(NS(=O)(=O)c2ccc([O-])c(N=Nc3c(C)[nH]n(-c4ccccc4)c3=O)c2)cc1.CC1=NN(c2ccc(S(=O)(=O)[O-])cc2)C(=O)C1N=Nc1ccc(NS(=O)(=O)c2ccc([O-])c(N=Nc3c(C)nn(-c4ccccc4)c3[O-])c2)cc1.[Co+3].[Na+].[Na+].[Na+]. The number of nitrogens with one attached hydrogen (secondary N) is 3. The van der Waals surface area contributed by atoms with E-state index in [4.69, 9.17) is 0 Å². The summed E-state index contributed by atoms with van der Waals surface area (Å²) in [5.41, 5.74) is 2.44. The minimum Gasteiger partial charge on any atom is -0.871 e. The molecule has 0 aliphatic carbocycles. The molecule has 0 saturated carbocycles. The molecule has 2 aliphatic heterocycles. The van der Waals surface area contributed by atoms with Crippen molar-refractivity contribution in [1.29, 1.82) is 0 Å². The van der Waals surface area contributed by atoms with Gasteiger partial charge in [-0.1, -0.05) is 60.0 Å². The molecule has 0 radical (unpaired) electrons. The van der Waals surface area contributed by atoms with Crippen molar-refractivity contribution in [1.82, 2.24) is 19.6 Å². The molecule has 4 heterocycles. The topological polar surface area (TPSA) is 493 Å². The maximum atomic E-state index is 13.2. The molecule has 10 aromatic rings. The minimum atomic E-state index is -4.66. The fraction of sp³-hybridized carbons (Fsp3) is 0.0938. The van der Waals surface area contributed by atoms with E-state index in [0.29, 0.717) is 34.2 Å². The van der Waals surface area contributed by atoms with Crippen LogP contribution in [-0.4, -0.2) is 97.7 Å². The molecule has 8 aromatic carbocycles. The normalized spacial score (nSPS) is 14.6. The van der Waals surface area contributed by atoms with Crippen molar-refractivity contribution >= 4 is 120 Å². The van der Waals surface area contributed by atoms with E-state index in [1.165, 1.54) is 77.5 Å². The van der Waals surface area contributed by atoms with Crippen LogP contribution in [0.25, 0.3) is 11.4 Å². The van der Waals surface area contributed by atoms with Gasteiger partial charge in [0.05, 0.1) is 87.9 Å². The van der Waals surface area contributed by atoms with Crippen molar-refractivity contribution < 1.29 is 173 Å². The largest absolute Gasteiger partial charge is 3.00 e. The van der Waals surface area contributed by atoms with E-state index in [2.05, 4.69) is 70.8 Å². The molecule has 0 fully saturated rings. The molecule has 12 rings (SSSR count). The monoisotopic (exact) mass is 1580 g/mol. The van der Waals surface area contributed by atoms with Gasteiger partial charge < -0.3 is 19.9 Å². The van der Waals surface area contributed by atoms with Crippen LogP contribution in [0.15, 0.2) is 270 Å². The van der Waals surface area contributed by atoms with Gasteiger partial charge in [0.25, 0.3) is 47.5 Å². The number of nitrogens with zero attached hydrogens (tertiary/aromatic N) is 15. The third kappa shape index (κ3) is 19.5. The predicted octanol–water partition coefficient (Wildman–Crippen LogP) is 0.218. The molecular formula is C64H50CoN18Na3O16S4+2. The Hall–Kier alpha value is -9.11. The van der Waals surface area contributed by atoms with Crippen LogP contribution in [0.2, 0.25) is 0 Å². The molecule has 2 unspecified atom stereocenters. The summed E-state index contributed by atoms with van der Waals surface area (Å²) in [4.78, 5) is 37.5. The second-order valence-corrected chi connectivity index (χ2v) is 28.1. The molecule has 34 nitrogen and oxygen atoms in total. The first-order valence-electron chi connectivity index (χ1n) is 29.6. The van der Waals surface area contributed by atoms with Crippen molar-refractivity contribution in [2.45, 2.75) is 59.4 Å². The zero-order valence-corrected chi connectivity index (χ0v) is 66.7. The van der Waals surface area contributed by atoms with Gasteiger partial charge in [0, 0.05) is 17.3 Å². The number of carbonyl (C=O) groups excluding carboxylic acids is 2. The number of hydrazone groups is 2. The maximum absolute atomic E-state index is 13.2. The summed E-state index contributed by atoms with van der Waals surface area (Å²) in [6.07, 6.45) is 0. The number of anilines is 4. The summed E-state index contributed by atoms with van der Waals surface area (Å²) in [7, 11) is -17.5. The number of carbonyl (C=O) groups is 2. The van der Waals surface area contributed by atoms with Gasteiger partial charge >= 0.3 is 105 Å². The number of H-pyrrole nitrogens is 1. The van der Waals surface area contributed by atoms with Crippen LogP contribution in [0.4, 0.5) is 56.9 Å². The average Bonchev–Trinajstić information content (AvgIpc) is 1.59. The van der Waals surface area contributed by atoms with Gasteiger partial charge in [-0.05, 0) is 173 Å².